The Labute approximate surface area is 116 Å². The van der Waals surface area contributed by atoms with Gasteiger partial charge in [0.2, 0.25) is 5.91 Å². The molecule has 0 aliphatic rings. The largest absolute Gasteiger partial charge is 0.325 e. The zero-order chi connectivity index (χ0) is 13.5. The summed E-state index contributed by atoms with van der Waals surface area (Å²) in [5.74, 6) is 1.05. The molecular formula is C15H14N2OS. The summed E-state index contributed by atoms with van der Waals surface area (Å²) >= 11 is 1.48. The molecule has 0 aliphatic heterocycles. The second-order valence-corrected chi connectivity index (χ2v) is 5.14. The number of hydrogen-bond acceptors (Lipinski definition) is 3. The van der Waals surface area contributed by atoms with E-state index in [0.29, 0.717) is 17.9 Å². The molecule has 0 radical (unpaired) electrons. The van der Waals surface area contributed by atoms with Gasteiger partial charge in [0.15, 0.2) is 0 Å². The van der Waals surface area contributed by atoms with E-state index in [-0.39, 0.29) is 5.91 Å². The van der Waals surface area contributed by atoms with Crippen molar-refractivity contribution >= 4 is 34.1 Å². The highest BCUT2D eigenvalue weighted by Crippen LogP contribution is 2.23. The van der Waals surface area contributed by atoms with Crippen molar-refractivity contribution in [3.63, 3.8) is 0 Å². The van der Waals surface area contributed by atoms with Crippen molar-refractivity contribution in [2.75, 3.05) is 16.8 Å². The average Bonchev–Trinajstić information content (AvgIpc) is 2.44. The van der Waals surface area contributed by atoms with Gasteiger partial charge in [-0.1, -0.05) is 36.4 Å². The third-order valence-electron chi connectivity index (χ3n) is 2.66. The minimum Gasteiger partial charge on any atom is -0.325 e. The van der Waals surface area contributed by atoms with E-state index in [0.717, 1.165) is 16.5 Å². The van der Waals surface area contributed by atoms with E-state index in [9.17, 15) is 4.79 Å². The van der Waals surface area contributed by atoms with Gasteiger partial charge in [-0.25, -0.2) is 0 Å². The quantitative estimate of drug-likeness (QED) is 0.847. The van der Waals surface area contributed by atoms with Crippen LogP contribution in [0, 0.1) is 11.3 Å². The highest BCUT2D eigenvalue weighted by atomic mass is 32.2. The van der Waals surface area contributed by atoms with E-state index in [1.54, 1.807) is 0 Å². The second kappa shape index (κ2) is 6.81. The fourth-order valence-electron chi connectivity index (χ4n) is 1.80. The molecule has 1 amide bonds. The number of nitrogens with zero attached hydrogens (tertiary/aromatic N) is 1. The van der Waals surface area contributed by atoms with Gasteiger partial charge in [0, 0.05) is 23.2 Å². The maximum absolute atomic E-state index is 11.8. The van der Waals surface area contributed by atoms with Crippen LogP contribution in [-0.4, -0.2) is 17.4 Å². The summed E-state index contributed by atoms with van der Waals surface area (Å²) in [5, 5.41) is 13.5. The molecule has 19 heavy (non-hydrogen) atoms. The Bertz CT molecular complexity index is 614. The molecule has 0 bridgehead atoms. The zero-order valence-electron chi connectivity index (χ0n) is 10.4. The molecular weight excluding hydrogens is 256 g/mol. The molecule has 2 aromatic carbocycles. The van der Waals surface area contributed by atoms with Gasteiger partial charge in [-0.15, -0.1) is 0 Å². The summed E-state index contributed by atoms with van der Waals surface area (Å²) in [4.78, 5) is 11.8. The number of hydrogen-bond donors (Lipinski definition) is 1. The van der Waals surface area contributed by atoms with Gasteiger partial charge in [0.05, 0.1) is 11.8 Å². The van der Waals surface area contributed by atoms with Gasteiger partial charge in [-0.2, -0.15) is 17.0 Å². The molecule has 0 spiro atoms. The van der Waals surface area contributed by atoms with Crippen molar-refractivity contribution < 1.29 is 4.79 Å². The van der Waals surface area contributed by atoms with E-state index in [2.05, 4.69) is 11.4 Å². The smallest absolute Gasteiger partial charge is 0.234 e. The summed E-state index contributed by atoms with van der Waals surface area (Å²) in [7, 11) is 0. The number of anilines is 1. The minimum atomic E-state index is -0.0284. The van der Waals surface area contributed by atoms with Crippen molar-refractivity contribution in [3.8, 4) is 6.07 Å². The summed E-state index contributed by atoms with van der Waals surface area (Å²) < 4.78 is 0. The number of thioether (sulfide) groups is 1. The topological polar surface area (TPSA) is 52.9 Å². The van der Waals surface area contributed by atoms with Gasteiger partial charge in [0.25, 0.3) is 0 Å². The van der Waals surface area contributed by atoms with Crippen LogP contribution in [0.2, 0.25) is 0 Å². The predicted octanol–water partition coefficient (Wildman–Crippen LogP) is 3.43. The summed E-state index contributed by atoms with van der Waals surface area (Å²) in [6.07, 6.45) is 0.478. The number of nitriles is 1. The highest BCUT2D eigenvalue weighted by Gasteiger charge is 2.05. The molecule has 2 aromatic rings. The molecule has 1 N–H and O–H groups in total. The number of carbonyl (C=O) groups excluding carboxylic acids is 1. The van der Waals surface area contributed by atoms with Crippen LogP contribution in [0.3, 0.4) is 0 Å². The molecule has 96 valence electrons. The van der Waals surface area contributed by atoms with Gasteiger partial charge in [-0.05, 0) is 11.5 Å². The molecule has 0 fully saturated rings. The lowest BCUT2D eigenvalue weighted by molar-refractivity contribution is -0.113. The maximum Gasteiger partial charge on any atom is 0.234 e. The van der Waals surface area contributed by atoms with Gasteiger partial charge in [-0.3, -0.25) is 4.79 Å². The Morgan fingerprint density at radius 3 is 2.84 bits per heavy atom. The first kappa shape index (κ1) is 13.4. The number of carbonyl (C=O) groups is 1. The number of rotatable bonds is 5. The number of amides is 1. The van der Waals surface area contributed by atoms with E-state index in [1.165, 1.54) is 11.8 Å². The van der Waals surface area contributed by atoms with Crippen LogP contribution < -0.4 is 5.32 Å². The van der Waals surface area contributed by atoms with Crippen LogP contribution in [0.25, 0.3) is 10.8 Å². The summed E-state index contributed by atoms with van der Waals surface area (Å²) in [5.41, 5.74) is 0.837. The Morgan fingerprint density at radius 1 is 1.21 bits per heavy atom. The first-order valence-electron chi connectivity index (χ1n) is 6.03. The number of fused-ring (bicyclic) bond motifs is 1. The van der Waals surface area contributed by atoms with Crippen LogP contribution in [-0.2, 0) is 4.79 Å². The Morgan fingerprint density at radius 2 is 2.00 bits per heavy atom. The first-order valence-corrected chi connectivity index (χ1v) is 7.19. The molecule has 0 heterocycles. The highest BCUT2D eigenvalue weighted by molar-refractivity contribution is 7.99. The molecule has 3 nitrogen and oxygen atoms in total. The van der Waals surface area contributed by atoms with Gasteiger partial charge < -0.3 is 5.32 Å². The Balaban J connectivity index is 2.01. The van der Waals surface area contributed by atoms with Crippen LogP contribution in [0.5, 0.6) is 0 Å². The van der Waals surface area contributed by atoms with Crippen molar-refractivity contribution in [2.24, 2.45) is 0 Å². The van der Waals surface area contributed by atoms with Crippen molar-refractivity contribution in [1.82, 2.24) is 0 Å². The lowest BCUT2D eigenvalue weighted by Crippen LogP contribution is -2.14. The fourth-order valence-corrected chi connectivity index (χ4v) is 2.44. The van der Waals surface area contributed by atoms with Crippen molar-refractivity contribution in [3.05, 3.63) is 42.5 Å². The molecule has 0 unspecified atom stereocenters. The summed E-state index contributed by atoms with van der Waals surface area (Å²) in [6.45, 7) is 0. The number of nitrogens with one attached hydrogen (secondary N) is 1. The van der Waals surface area contributed by atoms with Crippen LogP contribution >= 0.6 is 11.8 Å². The molecule has 2 rings (SSSR count). The lowest BCUT2D eigenvalue weighted by Gasteiger charge is -2.08. The predicted molar refractivity (Wildman–Crippen MR) is 80.1 cm³/mol. The molecule has 4 heteroatoms. The Kier molecular flexibility index (Phi) is 4.82. The standard InChI is InChI=1S/C15H14N2OS/c16-9-4-10-19-11-15(18)17-14-8-3-6-12-5-1-2-7-13(12)14/h1-3,5-8H,4,10-11H2,(H,17,18). The van der Waals surface area contributed by atoms with Gasteiger partial charge >= 0.3 is 0 Å². The first-order chi connectivity index (χ1) is 9.31. The molecule has 0 aliphatic carbocycles. The molecule has 0 atom stereocenters. The van der Waals surface area contributed by atoms with E-state index in [4.69, 9.17) is 5.26 Å². The van der Waals surface area contributed by atoms with Crippen LogP contribution in [0.15, 0.2) is 42.5 Å². The molecule has 0 saturated carbocycles. The average molecular weight is 270 g/mol. The third kappa shape index (κ3) is 3.73. The van der Waals surface area contributed by atoms with E-state index >= 15 is 0 Å². The van der Waals surface area contributed by atoms with Crippen LogP contribution in [0.1, 0.15) is 6.42 Å². The van der Waals surface area contributed by atoms with E-state index in [1.807, 2.05) is 42.5 Å². The fraction of sp³-hybridized carbons (Fsp3) is 0.200. The van der Waals surface area contributed by atoms with Crippen molar-refractivity contribution in [2.45, 2.75) is 6.42 Å². The Hall–Kier alpha value is -1.99. The molecule has 0 saturated heterocycles. The molecule has 0 aromatic heterocycles. The third-order valence-corrected chi connectivity index (χ3v) is 3.61. The minimum absolute atomic E-state index is 0.0284. The normalized spacial score (nSPS) is 10.1. The maximum atomic E-state index is 11.8. The van der Waals surface area contributed by atoms with Crippen LogP contribution in [0.4, 0.5) is 5.69 Å². The van der Waals surface area contributed by atoms with Gasteiger partial charge in [0.1, 0.15) is 0 Å². The number of benzene rings is 2. The van der Waals surface area contributed by atoms with E-state index < -0.39 is 0 Å². The van der Waals surface area contributed by atoms with Crippen molar-refractivity contribution in [1.29, 1.82) is 5.26 Å². The SMILES string of the molecule is N#CCCSCC(=O)Nc1cccc2ccccc12. The zero-order valence-corrected chi connectivity index (χ0v) is 11.2. The summed E-state index contributed by atoms with van der Waals surface area (Å²) in [6, 6.07) is 15.9. The lowest BCUT2D eigenvalue weighted by atomic mass is 10.1. The second-order valence-electron chi connectivity index (χ2n) is 4.04. The monoisotopic (exact) mass is 270 g/mol.